The lowest BCUT2D eigenvalue weighted by Crippen LogP contribution is -2.40. The summed E-state index contributed by atoms with van der Waals surface area (Å²) in [4.78, 5) is 23.2. The highest BCUT2D eigenvalue weighted by atomic mass is 16.2. The predicted octanol–water partition coefficient (Wildman–Crippen LogP) is 0.955. The van der Waals surface area contributed by atoms with Gasteiger partial charge in [-0.05, 0) is 45.8 Å². The Kier molecular flexibility index (Phi) is 4.06. The molecule has 22 heavy (non-hydrogen) atoms. The molecule has 0 bridgehead atoms. The van der Waals surface area contributed by atoms with E-state index in [0.717, 1.165) is 30.9 Å². The minimum Gasteiger partial charge on any atom is -0.348 e. The Balaban J connectivity index is 1.71. The maximum absolute atomic E-state index is 12.3. The molecule has 1 saturated heterocycles. The Hall–Kier alpha value is -2.02. The van der Waals surface area contributed by atoms with Crippen LogP contribution in [0.4, 0.5) is 0 Å². The highest BCUT2D eigenvalue weighted by molar-refractivity contribution is 5.90. The molecular formula is C15H22N6O. The van der Waals surface area contributed by atoms with Gasteiger partial charge in [0.1, 0.15) is 0 Å². The van der Waals surface area contributed by atoms with Crippen LogP contribution in [-0.2, 0) is 0 Å². The van der Waals surface area contributed by atoms with E-state index in [2.05, 4.69) is 32.2 Å². The number of aromatic nitrogens is 4. The fourth-order valence-corrected chi connectivity index (χ4v) is 3.09. The Morgan fingerprint density at radius 2 is 2.23 bits per heavy atom. The van der Waals surface area contributed by atoms with Gasteiger partial charge in [-0.1, -0.05) is 6.92 Å². The quantitative estimate of drug-likeness (QED) is 0.910. The lowest BCUT2D eigenvalue weighted by atomic mass is 10.2. The summed E-state index contributed by atoms with van der Waals surface area (Å²) in [6.45, 7) is 8.77. The summed E-state index contributed by atoms with van der Waals surface area (Å²) < 4.78 is 1.61. The molecule has 7 nitrogen and oxygen atoms in total. The molecule has 1 amide bonds. The number of aryl methyl sites for hydroxylation is 2. The van der Waals surface area contributed by atoms with E-state index in [1.807, 2.05) is 19.9 Å². The topological polar surface area (TPSA) is 75.4 Å². The van der Waals surface area contributed by atoms with E-state index >= 15 is 0 Å². The normalized spacial score (nSPS) is 19.0. The number of amides is 1. The minimum atomic E-state index is -0.231. The Bertz CT molecular complexity index is 695. The number of hydrogen-bond acceptors (Lipinski definition) is 5. The van der Waals surface area contributed by atoms with Gasteiger partial charge in [-0.2, -0.15) is 4.98 Å². The summed E-state index contributed by atoms with van der Waals surface area (Å²) in [6, 6.07) is 2.34. The largest absolute Gasteiger partial charge is 0.348 e. The van der Waals surface area contributed by atoms with Crippen molar-refractivity contribution < 1.29 is 4.79 Å². The van der Waals surface area contributed by atoms with Crippen LogP contribution in [0, 0.1) is 13.8 Å². The highest BCUT2D eigenvalue weighted by Crippen LogP contribution is 2.15. The van der Waals surface area contributed by atoms with Crippen molar-refractivity contribution in [1.82, 2.24) is 29.8 Å². The highest BCUT2D eigenvalue weighted by Gasteiger charge is 2.24. The van der Waals surface area contributed by atoms with Crippen LogP contribution in [0.1, 0.15) is 41.8 Å². The van der Waals surface area contributed by atoms with E-state index in [0.29, 0.717) is 18.4 Å². The van der Waals surface area contributed by atoms with Gasteiger partial charge in [0, 0.05) is 24.0 Å². The smallest absolute Gasteiger partial charge is 0.291 e. The number of nitrogens with one attached hydrogen (secondary N) is 1. The molecule has 118 valence electrons. The third-order valence-electron chi connectivity index (χ3n) is 4.22. The van der Waals surface area contributed by atoms with Crippen LogP contribution in [0.2, 0.25) is 0 Å². The molecule has 1 N–H and O–H groups in total. The first kappa shape index (κ1) is 14.9. The summed E-state index contributed by atoms with van der Waals surface area (Å²) in [6.07, 6.45) is 2.33. The molecule has 1 aliphatic rings. The number of likely N-dealkylation sites (N-methyl/N-ethyl adjacent to an activating group) is 1. The molecule has 2 aromatic rings. The third-order valence-corrected chi connectivity index (χ3v) is 4.22. The zero-order valence-electron chi connectivity index (χ0n) is 13.3. The van der Waals surface area contributed by atoms with Gasteiger partial charge in [0.25, 0.3) is 11.7 Å². The zero-order valence-corrected chi connectivity index (χ0v) is 13.3. The summed E-state index contributed by atoms with van der Waals surface area (Å²) in [7, 11) is 0. The predicted molar refractivity (Wildman–Crippen MR) is 82.9 cm³/mol. The van der Waals surface area contributed by atoms with Gasteiger partial charge in [0.05, 0.1) is 0 Å². The average Bonchev–Trinajstić information content (AvgIpc) is 3.10. The number of hydrogen-bond donors (Lipinski definition) is 1. The Morgan fingerprint density at radius 3 is 3.00 bits per heavy atom. The first-order valence-corrected chi connectivity index (χ1v) is 7.81. The monoisotopic (exact) mass is 302 g/mol. The van der Waals surface area contributed by atoms with Gasteiger partial charge in [-0.25, -0.2) is 9.50 Å². The number of rotatable bonds is 4. The molecule has 1 atom stereocenters. The molecule has 0 aromatic carbocycles. The van der Waals surface area contributed by atoms with Crippen molar-refractivity contribution in [3.05, 3.63) is 23.3 Å². The van der Waals surface area contributed by atoms with E-state index in [-0.39, 0.29) is 11.7 Å². The lowest BCUT2D eigenvalue weighted by molar-refractivity contribution is 0.0931. The molecule has 0 saturated carbocycles. The second kappa shape index (κ2) is 6.00. The Labute approximate surface area is 129 Å². The van der Waals surface area contributed by atoms with Gasteiger partial charge < -0.3 is 5.32 Å². The van der Waals surface area contributed by atoms with E-state index < -0.39 is 0 Å². The maximum Gasteiger partial charge on any atom is 0.291 e. The van der Waals surface area contributed by atoms with E-state index in [4.69, 9.17) is 0 Å². The zero-order chi connectivity index (χ0) is 15.7. The number of nitrogens with zero attached hydrogens (tertiary/aromatic N) is 5. The second-order valence-electron chi connectivity index (χ2n) is 5.82. The fraction of sp³-hybridized carbons (Fsp3) is 0.600. The van der Waals surface area contributed by atoms with Crippen molar-refractivity contribution in [2.75, 3.05) is 19.6 Å². The van der Waals surface area contributed by atoms with Gasteiger partial charge in [-0.3, -0.25) is 9.69 Å². The van der Waals surface area contributed by atoms with Crippen LogP contribution >= 0.6 is 0 Å². The summed E-state index contributed by atoms with van der Waals surface area (Å²) in [5, 5.41) is 7.21. The van der Waals surface area contributed by atoms with Crippen molar-refractivity contribution in [3.63, 3.8) is 0 Å². The summed E-state index contributed by atoms with van der Waals surface area (Å²) in [5.74, 6) is 0.423. The van der Waals surface area contributed by atoms with Crippen LogP contribution in [-0.4, -0.2) is 56.1 Å². The number of carbonyl (C=O) groups excluding carboxylic acids is 1. The SMILES string of the molecule is CCN1CCC[C@H]1CNC(=O)c1nc2nc(C)cc(C)n2n1. The molecular weight excluding hydrogens is 280 g/mol. The van der Waals surface area contributed by atoms with E-state index in [9.17, 15) is 4.79 Å². The van der Waals surface area contributed by atoms with Gasteiger partial charge in [0.2, 0.25) is 5.82 Å². The molecule has 3 rings (SSSR count). The van der Waals surface area contributed by atoms with Gasteiger partial charge in [0.15, 0.2) is 0 Å². The molecule has 0 spiro atoms. The average molecular weight is 302 g/mol. The van der Waals surface area contributed by atoms with Crippen LogP contribution < -0.4 is 5.32 Å². The Morgan fingerprint density at radius 1 is 1.41 bits per heavy atom. The summed E-state index contributed by atoms with van der Waals surface area (Å²) >= 11 is 0. The minimum absolute atomic E-state index is 0.183. The van der Waals surface area contributed by atoms with Crippen LogP contribution in [0.15, 0.2) is 6.07 Å². The van der Waals surface area contributed by atoms with Crippen molar-refractivity contribution in [2.45, 2.75) is 39.7 Å². The van der Waals surface area contributed by atoms with Crippen LogP contribution in [0.5, 0.6) is 0 Å². The van der Waals surface area contributed by atoms with Crippen LogP contribution in [0.3, 0.4) is 0 Å². The standard InChI is InChI=1S/C15H22N6O/c1-4-20-7-5-6-12(20)9-16-14(22)13-18-15-17-10(2)8-11(3)21(15)19-13/h8,12H,4-7,9H2,1-3H3,(H,16,22)/t12-/m0/s1. The molecule has 1 aliphatic heterocycles. The van der Waals surface area contributed by atoms with E-state index in [1.54, 1.807) is 4.52 Å². The summed E-state index contributed by atoms with van der Waals surface area (Å²) in [5.41, 5.74) is 1.79. The van der Waals surface area contributed by atoms with Crippen molar-refractivity contribution >= 4 is 11.7 Å². The van der Waals surface area contributed by atoms with Crippen molar-refractivity contribution in [1.29, 1.82) is 0 Å². The van der Waals surface area contributed by atoms with Crippen LogP contribution in [0.25, 0.3) is 5.78 Å². The van der Waals surface area contributed by atoms with Gasteiger partial charge >= 0.3 is 0 Å². The molecule has 3 heterocycles. The third kappa shape index (κ3) is 2.81. The first-order valence-electron chi connectivity index (χ1n) is 7.81. The molecule has 0 radical (unpaired) electrons. The van der Waals surface area contributed by atoms with Crippen molar-refractivity contribution in [2.24, 2.45) is 0 Å². The second-order valence-corrected chi connectivity index (χ2v) is 5.82. The van der Waals surface area contributed by atoms with Gasteiger partial charge in [-0.15, -0.1) is 5.10 Å². The number of likely N-dealkylation sites (tertiary alicyclic amines) is 1. The van der Waals surface area contributed by atoms with E-state index in [1.165, 1.54) is 6.42 Å². The molecule has 0 unspecified atom stereocenters. The lowest BCUT2D eigenvalue weighted by Gasteiger charge is -2.22. The number of carbonyl (C=O) groups is 1. The van der Waals surface area contributed by atoms with Crippen molar-refractivity contribution in [3.8, 4) is 0 Å². The number of fused-ring (bicyclic) bond motifs is 1. The first-order chi connectivity index (χ1) is 10.6. The fourth-order valence-electron chi connectivity index (χ4n) is 3.09. The molecule has 0 aliphatic carbocycles. The molecule has 2 aromatic heterocycles. The molecule has 1 fully saturated rings. The molecule has 7 heteroatoms. The maximum atomic E-state index is 12.3.